The Bertz CT molecular complexity index is 475. The third-order valence-corrected chi connectivity index (χ3v) is 3.90. The van der Waals surface area contributed by atoms with Gasteiger partial charge in [0.15, 0.2) is 0 Å². The molecular weight excluding hydrogens is 204 g/mol. The van der Waals surface area contributed by atoms with E-state index in [4.69, 9.17) is 0 Å². The summed E-state index contributed by atoms with van der Waals surface area (Å²) in [6.45, 7) is 0. The molecule has 1 atom stereocenters. The molecule has 0 amide bonds. The molecule has 1 aromatic heterocycles. The molecule has 76 valence electrons. The van der Waals surface area contributed by atoms with Crippen molar-refractivity contribution in [2.75, 3.05) is 0 Å². The van der Waals surface area contributed by atoms with Crippen molar-refractivity contribution in [1.29, 1.82) is 0 Å². The maximum Gasteiger partial charge on any atom is 0.116 e. The summed E-state index contributed by atoms with van der Waals surface area (Å²) in [5, 5.41) is 14.8. The third-order valence-electron chi connectivity index (χ3n) is 3.22. The van der Waals surface area contributed by atoms with Crippen LogP contribution in [0.4, 0.5) is 0 Å². The highest BCUT2D eigenvalue weighted by atomic mass is 32.1. The van der Waals surface area contributed by atoms with E-state index in [1.165, 1.54) is 5.56 Å². The lowest BCUT2D eigenvalue weighted by Crippen LogP contribution is -2.22. The summed E-state index contributed by atoms with van der Waals surface area (Å²) in [5.74, 6) is 0. The van der Waals surface area contributed by atoms with E-state index in [1.807, 2.05) is 35.0 Å². The molecule has 0 saturated carbocycles. The van der Waals surface area contributed by atoms with Crippen molar-refractivity contribution in [2.45, 2.75) is 18.4 Å². The smallest absolute Gasteiger partial charge is 0.116 e. The van der Waals surface area contributed by atoms with Crippen molar-refractivity contribution in [3.63, 3.8) is 0 Å². The summed E-state index contributed by atoms with van der Waals surface area (Å²) in [6.07, 6.45) is 1.78. The Kier molecular flexibility index (Phi) is 1.94. The Labute approximate surface area is 93.0 Å². The van der Waals surface area contributed by atoms with Crippen LogP contribution in [0, 0.1) is 0 Å². The van der Waals surface area contributed by atoms with Crippen LogP contribution in [0.3, 0.4) is 0 Å². The Balaban J connectivity index is 2.17. The van der Waals surface area contributed by atoms with E-state index >= 15 is 0 Å². The van der Waals surface area contributed by atoms with Gasteiger partial charge in [-0.25, -0.2) is 0 Å². The lowest BCUT2D eigenvalue weighted by Gasteiger charge is -2.22. The van der Waals surface area contributed by atoms with Crippen LogP contribution in [-0.2, 0) is 12.0 Å². The second-order valence-electron chi connectivity index (χ2n) is 4.03. The first-order valence-electron chi connectivity index (χ1n) is 5.14. The average molecular weight is 216 g/mol. The van der Waals surface area contributed by atoms with Crippen LogP contribution >= 0.6 is 11.3 Å². The average Bonchev–Trinajstić information content (AvgIpc) is 2.88. The molecule has 0 aliphatic heterocycles. The molecule has 1 aliphatic carbocycles. The molecule has 2 heteroatoms. The molecule has 1 N–H and O–H groups in total. The molecule has 1 heterocycles. The largest absolute Gasteiger partial charge is 0.380 e. The first kappa shape index (κ1) is 9.13. The maximum absolute atomic E-state index is 10.7. The van der Waals surface area contributed by atoms with E-state index < -0.39 is 5.60 Å². The molecule has 1 nitrogen and oxygen atoms in total. The highest BCUT2D eigenvalue weighted by Gasteiger charge is 2.38. The van der Waals surface area contributed by atoms with E-state index in [-0.39, 0.29) is 0 Å². The van der Waals surface area contributed by atoms with E-state index in [9.17, 15) is 5.11 Å². The summed E-state index contributed by atoms with van der Waals surface area (Å²) < 4.78 is 0. The van der Waals surface area contributed by atoms with Crippen molar-refractivity contribution in [3.8, 4) is 0 Å². The summed E-state index contributed by atoms with van der Waals surface area (Å²) >= 11 is 1.64. The summed E-state index contributed by atoms with van der Waals surface area (Å²) in [6, 6.07) is 10.2. The third kappa shape index (κ3) is 1.25. The number of benzene rings is 1. The van der Waals surface area contributed by atoms with E-state index in [0.29, 0.717) is 0 Å². The Morgan fingerprint density at radius 1 is 1.20 bits per heavy atom. The minimum absolute atomic E-state index is 0.739. The standard InChI is InChI=1S/C13H12OS/c14-13(11-6-8-15-9-11)7-5-10-3-1-2-4-12(10)13/h1-4,6,8-9,14H,5,7H2. The second-order valence-corrected chi connectivity index (χ2v) is 4.81. The van der Waals surface area contributed by atoms with Gasteiger partial charge in [0.25, 0.3) is 0 Å². The van der Waals surface area contributed by atoms with Gasteiger partial charge in [0.1, 0.15) is 5.60 Å². The summed E-state index contributed by atoms with van der Waals surface area (Å²) in [4.78, 5) is 0. The molecule has 2 aromatic rings. The molecule has 0 saturated heterocycles. The highest BCUT2D eigenvalue weighted by molar-refractivity contribution is 7.08. The lowest BCUT2D eigenvalue weighted by molar-refractivity contribution is 0.0834. The number of thiophene rings is 1. The topological polar surface area (TPSA) is 20.2 Å². The summed E-state index contributed by atoms with van der Waals surface area (Å²) in [7, 11) is 0. The molecule has 0 fully saturated rings. The van der Waals surface area contributed by atoms with Gasteiger partial charge in [-0.15, -0.1) is 0 Å². The van der Waals surface area contributed by atoms with Crippen LogP contribution in [-0.4, -0.2) is 5.11 Å². The first-order chi connectivity index (χ1) is 7.31. The first-order valence-corrected chi connectivity index (χ1v) is 6.08. The molecule has 3 rings (SSSR count). The normalized spacial score (nSPS) is 24.1. The van der Waals surface area contributed by atoms with Gasteiger partial charge >= 0.3 is 0 Å². The Hall–Kier alpha value is -1.12. The highest BCUT2D eigenvalue weighted by Crippen LogP contribution is 2.42. The molecular formula is C13H12OS. The second kappa shape index (κ2) is 3.19. The van der Waals surface area contributed by atoms with Gasteiger partial charge in [-0.2, -0.15) is 11.3 Å². The van der Waals surface area contributed by atoms with Crippen molar-refractivity contribution in [1.82, 2.24) is 0 Å². The molecule has 0 radical (unpaired) electrons. The van der Waals surface area contributed by atoms with Crippen molar-refractivity contribution < 1.29 is 5.11 Å². The number of aryl methyl sites for hydroxylation is 1. The van der Waals surface area contributed by atoms with Crippen LogP contribution in [0.2, 0.25) is 0 Å². The number of hydrogen-bond acceptors (Lipinski definition) is 2. The predicted octanol–water partition coefficient (Wildman–Crippen LogP) is 2.93. The van der Waals surface area contributed by atoms with Crippen molar-refractivity contribution in [3.05, 3.63) is 57.8 Å². The fraction of sp³-hybridized carbons (Fsp3) is 0.231. The zero-order chi connectivity index (χ0) is 10.3. The molecule has 1 aromatic carbocycles. The van der Waals surface area contributed by atoms with Crippen molar-refractivity contribution in [2.24, 2.45) is 0 Å². The van der Waals surface area contributed by atoms with Crippen molar-refractivity contribution >= 4 is 11.3 Å². The van der Waals surface area contributed by atoms with Gasteiger partial charge < -0.3 is 5.11 Å². The van der Waals surface area contributed by atoms with Gasteiger partial charge in [-0.1, -0.05) is 24.3 Å². The van der Waals surface area contributed by atoms with Gasteiger partial charge in [0.05, 0.1) is 0 Å². The molecule has 15 heavy (non-hydrogen) atoms. The zero-order valence-corrected chi connectivity index (χ0v) is 9.13. The zero-order valence-electron chi connectivity index (χ0n) is 8.31. The Morgan fingerprint density at radius 3 is 2.87 bits per heavy atom. The molecule has 0 spiro atoms. The lowest BCUT2D eigenvalue weighted by atomic mass is 9.90. The quantitative estimate of drug-likeness (QED) is 0.777. The number of rotatable bonds is 1. The monoisotopic (exact) mass is 216 g/mol. The Morgan fingerprint density at radius 2 is 2.07 bits per heavy atom. The van der Waals surface area contributed by atoms with Crippen LogP contribution in [0.1, 0.15) is 23.1 Å². The number of aliphatic hydroxyl groups is 1. The van der Waals surface area contributed by atoms with Gasteiger partial charge in [0, 0.05) is 0 Å². The van der Waals surface area contributed by atoms with Crippen LogP contribution in [0.25, 0.3) is 0 Å². The summed E-state index contributed by atoms with van der Waals surface area (Å²) in [5.41, 5.74) is 2.67. The molecule has 1 aliphatic rings. The van der Waals surface area contributed by atoms with E-state index in [0.717, 1.165) is 24.0 Å². The van der Waals surface area contributed by atoms with E-state index in [1.54, 1.807) is 11.3 Å². The molecule has 1 unspecified atom stereocenters. The van der Waals surface area contributed by atoms with Crippen LogP contribution in [0.15, 0.2) is 41.1 Å². The predicted molar refractivity (Wildman–Crippen MR) is 62.1 cm³/mol. The number of hydrogen-bond donors (Lipinski definition) is 1. The number of fused-ring (bicyclic) bond motifs is 1. The van der Waals surface area contributed by atoms with Crippen LogP contribution < -0.4 is 0 Å². The SMILES string of the molecule is OC1(c2ccsc2)CCc2ccccc21. The minimum Gasteiger partial charge on any atom is -0.380 e. The van der Waals surface area contributed by atoms with E-state index in [2.05, 4.69) is 6.07 Å². The fourth-order valence-electron chi connectivity index (χ4n) is 2.39. The maximum atomic E-state index is 10.7. The minimum atomic E-state index is -0.739. The van der Waals surface area contributed by atoms with Gasteiger partial charge in [0.2, 0.25) is 0 Å². The van der Waals surface area contributed by atoms with Crippen LogP contribution in [0.5, 0.6) is 0 Å². The van der Waals surface area contributed by atoms with Gasteiger partial charge in [-0.3, -0.25) is 0 Å². The fourth-order valence-corrected chi connectivity index (χ4v) is 3.12. The van der Waals surface area contributed by atoms with Gasteiger partial charge in [-0.05, 0) is 46.4 Å². The molecule has 0 bridgehead atoms.